The van der Waals surface area contributed by atoms with Gasteiger partial charge < -0.3 is 4.74 Å². The third-order valence-electron chi connectivity index (χ3n) is 3.13. The number of ether oxygens (including phenoxy) is 1. The molecule has 0 aliphatic rings. The minimum absolute atomic E-state index is 0.196. The monoisotopic (exact) mass is 288 g/mol. The summed E-state index contributed by atoms with van der Waals surface area (Å²) in [5.41, 5.74) is 2.04. The Balaban J connectivity index is 2.25. The van der Waals surface area contributed by atoms with E-state index in [1.807, 2.05) is 49.4 Å². The van der Waals surface area contributed by atoms with Crippen molar-refractivity contribution in [2.45, 2.75) is 19.3 Å². The zero-order chi connectivity index (χ0) is 14.4. The molecule has 2 rings (SSSR count). The maximum Gasteiger partial charge on any atom is 0.313 e. The first kappa shape index (κ1) is 14.6. The third kappa shape index (κ3) is 3.84. The minimum Gasteiger partial charge on any atom is -0.466 e. The topological polar surface area (TPSA) is 26.3 Å². The van der Waals surface area contributed by atoms with Crippen molar-refractivity contribution in [2.75, 3.05) is 6.61 Å². The molecule has 0 unspecified atom stereocenters. The van der Waals surface area contributed by atoms with Crippen LogP contribution in [0.2, 0.25) is 5.02 Å². The van der Waals surface area contributed by atoms with Crippen molar-refractivity contribution in [1.82, 2.24) is 0 Å². The molecule has 0 bridgehead atoms. The van der Waals surface area contributed by atoms with E-state index in [4.69, 9.17) is 16.3 Å². The van der Waals surface area contributed by atoms with Gasteiger partial charge in [0.15, 0.2) is 0 Å². The van der Waals surface area contributed by atoms with Gasteiger partial charge in [-0.05, 0) is 36.6 Å². The maximum absolute atomic E-state index is 12.2. The van der Waals surface area contributed by atoms with Crippen LogP contribution in [-0.2, 0) is 16.0 Å². The molecule has 0 spiro atoms. The Hall–Kier alpha value is -1.80. The molecule has 1 atom stereocenters. The molecule has 0 N–H and O–H groups in total. The lowest BCUT2D eigenvalue weighted by molar-refractivity contribution is -0.144. The molecule has 0 heterocycles. The van der Waals surface area contributed by atoms with Crippen LogP contribution in [0.15, 0.2) is 54.6 Å². The Kier molecular flexibility index (Phi) is 5.19. The van der Waals surface area contributed by atoms with Crippen LogP contribution in [0.1, 0.15) is 24.0 Å². The molecule has 2 aromatic rings. The lowest BCUT2D eigenvalue weighted by atomic mass is 9.92. The summed E-state index contributed by atoms with van der Waals surface area (Å²) in [5, 5.41) is 0.663. The quantitative estimate of drug-likeness (QED) is 0.770. The van der Waals surface area contributed by atoms with Crippen molar-refractivity contribution >= 4 is 17.6 Å². The van der Waals surface area contributed by atoms with E-state index in [9.17, 15) is 4.79 Å². The lowest BCUT2D eigenvalue weighted by Crippen LogP contribution is -2.18. The van der Waals surface area contributed by atoms with Gasteiger partial charge in [-0.25, -0.2) is 0 Å². The fourth-order valence-electron chi connectivity index (χ4n) is 2.13. The zero-order valence-electron chi connectivity index (χ0n) is 11.4. The van der Waals surface area contributed by atoms with E-state index in [0.717, 1.165) is 11.1 Å². The van der Waals surface area contributed by atoms with E-state index >= 15 is 0 Å². The highest BCUT2D eigenvalue weighted by Gasteiger charge is 2.22. The van der Waals surface area contributed by atoms with Crippen LogP contribution in [0.4, 0.5) is 0 Å². The average Bonchev–Trinajstić information content (AvgIpc) is 2.47. The van der Waals surface area contributed by atoms with Crippen LogP contribution >= 0.6 is 11.6 Å². The molecule has 0 saturated carbocycles. The minimum atomic E-state index is -0.297. The van der Waals surface area contributed by atoms with Crippen molar-refractivity contribution in [3.8, 4) is 0 Å². The maximum atomic E-state index is 12.2. The van der Waals surface area contributed by atoms with E-state index in [1.54, 1.807) is 12.1 Å². The second-order valence-electron chi connectivity index (χ2n) is 4.55. The molecule has 0 aliphatic carbocycles. The van der Waals surface area contributed by atoms with Crippen LogP contribution < -0.4 is 0 Å². The summed E-state index contributed by atoms with van der Waals surface area (Å²) >= 11 is 5.90. The smallest absolute Gasteiger partial charge is 0.313 e. The Morgan fingerprint density at radius 2 is 1.75 bits per heavy atom. The second kappa shape index (κ2) is 7.11. The van der Waals surface area contributed by atoms with Crippen LogP contribution in [0.3, 0.4) is 0 Å². The first-order valence-corrected chi connectivity index (χ1v) is 7.04. The van der Waals surface area contributed by atoms with Gasteiger partial charge in [0.2, 0.25) is 0 Å². The van der Waals surface area contributed by atoms with Gasteiger partial charge in [0, 0.05) is 5.02 Å². The van der Waals surface area contributed by atoms with Gasteiger partial charge in [-0.2, -0.15) is 0 Å². The SMILES string of the molecule is CCOC(=O)[C@@H](Cc1ccccc1)c1ccc(Cl)cc1. The van der Waals surface area contributed by atoms with E-state index in [0.29, 0.717) is 18.1 Å². The molecule has 0 amide bonds. The standard InChI is InChI=1S/C17H17ClO2/c1-2-20-17(19)16(12-13-6-4-3-5-7-13)14-8-10-15(18)11-9-14/h3-11,16H,2,12H2,1H3/t16-/m0/s1. The van der Waals surface area contributed by atoms with E-state index in [2.05, 4.69) is 0 Å². The Morgan fingerprint density at radius 3 is 2.35 bits per heavy atom. The van der Waals surface area contributed by atoms with E-state index in [-0.39, 0.29) is 11.9 Å². The first-order chi connectivity index (χ1) is 9.70. The Morgan fingerprint density at radius 1 is 1.10 bits per heavy atom. The summed E-state index contributed by atoms with van der Waals surface area (Å²) in [4.78, 5) is 12.2. The summed E-state index contributed by atoms with van der Waals surface area (Å²) in [5.74, 6) is -0.492. The molecular formula is C17H17ClO2. The fourth-order valence-corrected chi connectivity index (χ4v) is 2.25. The second-order valence-corrected chi connectivity index (χ2v) is 4.98. The third-order valence-corrected chi connectivity index (χ3v) is 3.38. The molecule has 0 saturated heterocycles. The zero-order valence-corrected chi connectivity index (χ0v) is 12.1. The first-order valence-electron chi connectivity index (χ1n) is 6.66. The van der Waals surface area contributed by atoms with Gasteiger partial charge in [-0.1, -0.05) is 54.1 Å². The Labute approximate surface area is 124 Å². The van der Waals surface area contributed by atoms with Crippen molar-refractivity contribution < 1.29 is 9.53 Å². The number of halogens is 1. The lowest BCUT2D eigenvalue weighted by Gasteiger charge is -2.16. The van der Waals surface area contributed by atoms with Crippen LogP contribution in [0.25, 0.3) is 0 Å². The molecule has 2 aromatic carbocycles. The number of esters is 1. The largest absolute Gasteiger partial charge is 0.466 e. The van der Waals surface area contributed by atoms with Crippen molar-refractivity contribution in [1.29, 1.82) is 0 Å². The number of carbonyl (C=O) groups is 1. The molecular weight excluding hydrogens is 272 g/mol. The molecule has 0 aliphatic heterocycles. The number of rotatable bonds is 5. The fraction of sp³-hybridized carbons (Fsp3) is 0.235. The number of hydrogen-bond donors (Lipinski definition) is 0. The molecule has 0 radical (unpaired) electrons. The highest BCUT2D eigenvalue weighted by atomic mass is 35.5. The van der Waals surface area contributed by atoms with Crippen molar-refractivity contribution in [2.24, 2.45) is 0 Å². The molecule has 2 nitrogen and oxygen atoms in total. The summed E-state index contributed by atoms with van der Waals surface area (Å²) < 4.78 is 5.19. The molecule has 0 aromatic heterocycles. The van der Waals surface area contributed by atoms with Gasteiger partial charge in [-0.15, -0.1) is 0 Å². The number of hydrogen-bond acceptors (Lipinski definition) is 2. The van der Waals surface area contributed by atoms with Crippen LogP contribution in [0, 0.1) is 0 Å². The summed E-state index contributed by atoms with van der Waals surface area (Å²) in [7, 11) is 0. The normalized spacial score (nSPS) is 11.9. The number of benzene rings is 2. The summed E-state index contributed by atoms with van der Waals surface area (Å²) in [6.45, 7) is 2.21. The van der Waals surface area contributed by atoms with Gasteiger partial charge in [-0.3, -0.25) is 4.79 Å². The molecule has 104 valence electrons. The highest BCUT2D eigenvalue weighted by Crippen LogP contribution is 2.24. The van der Waals surface area contributed by atoms with E-state index in [1.165, 1.54) is 0 Å². The average molecular weight is 289 g/mol. The van der Waals surface area contributed by atoms with Gasteiger partial charge in [0.1, 0.15) is 0 Å². The van der Waals surface area contributed by atoms with E-state index < -0.39 is 0 Å². The van der Waals surface area contributed by atoms with Gasteiger partial charge in [0.25, 0.3) is 0 Å². The predicted octanol–water partition coefficient (Wildman–Crippen LogP) is 4.23. The molecule has 0 fully saturated rings. The summed E-state index contributed by atoms with van der Waals surface area (Å²) in [6, 6.07) is 17.3. The van der Waals surface area contributed by atoms with Gasteiger partial charge >= 0.3 is 5.97 Å². The predicted molar refractivity (Wildman–Crippen MR) is 81.0 cm³/mol. The number of carbonyl (C=O) groups excluding carboxylic acids is 1. The van der Waals surface area contributed by atoms with Gasteiger partial charge in [0.05, 0.1) is 12.5 Å². The van der Waals surface area contributed by atoms with Crippen molar-refractivity contribution in [3.05, 3.63) is 70.7 Å². The van der Waals surface area contributed by atoms with Crippen LogP contribution in [0.5, 0.6) is 0 Å². The van der Waals surface area contributed by atoms with Crippen molar-refractivity contribution in [3.63, 3.8) is 0 Å². The van der Waals surface area contributed by atoms with Crippen LogP contribution in [-0.4, -0.2) is 12.6 Å². The molecule has 20 heavy (non-hydrogen) atoms. The summed E-state index contributed by atoms with van der Waals surface area (Å²) in [6.07, 6.45) is 0.626. The highest BCUT2D eigenvalue weighted by molar-refractivity contribution is 6.30. The molecule has 3 heteroatoms. The Bertz CT molecular complexity index is 549.